The summed E-state index contributed by atoms with van der Waals surface area (Å²) in [5.74, 6) is -3.81. The first-order valence-electron chi connectivity index (χ1n) is 20.3. The van der Waals surface area contributed by atoms with Crippen molar-refractivity contribution >= 4 is 58.5 Å². The number of pyridine rings is 4. The lowest BCUT2D eigenvalue weighted by molar-refractivity contribution is -0.174. The Morgan fingerprint density at radius 2 is 1.17 bits per heavy atom. The molecule has 4 amide bonds. The molecule has 4 aromatic heterocycles. The number of nitrogens with two attached hydrogens (primary N) is 1. The number of rotatable bonds is 8. The van der Waals surface area contributed by atoms with Gasteiger partial charge in [-0.05, 0) is 74.2 Å². The first-order valence-corrected chi connectivity index (χ1v) is 20.3. The molecule has 0 saturated carbocycles. The molecule has 2 saturated heterocycles. The number of carboxylic acid groups (broad SMARTS) is 1. The van der Waals surface area contributed by atoms with Gasteiger partial charge in [-0.3, -0.25) is 25.2 Å². The molecule has 4 aliphatic rings. The molecule has 8 rings (SSSR count). The van der Waals surface area contributed by atoms with E-state index in [1.165, 1.54) is 54.0 Å². The van der Waals surface area contributed by atoms with Gasteiger partial charge in [0.05, 0.1) is 41.8 Å². The molecule has 348 valence electrons. The Labute approximate surface area is 365 Å². The highest BCUT2D eigenvalue weighted by atomic mass is 19.4. The van der Waals surface area contributed by atoms with E-state index in [0.29, 0.717) is 37.6 Å². The SMILES string of the molecule is CC[C@@H](CC(=O)c1ccc2c(n1)N(C(=O)Nc1ccc(F)cn1)[C@H]1CCN2C1)C(F)(F)F.CC[C@@H](N)C(F)(F)F.O=C(O)c1ccc2c(n1)N(C(=O)Nc1ccc(F)cn1)[C@H]1CCN2C1. The van der Waals surface area contributed by atoms with Crippen molar-refractivity contribution in [2.75, 3.05) is 56.4 Å². The van der Waals surface area contributed by atoms with Crippen molar-refractivity contribution in [3.05, 3.63) is 83.9 Å². The molecule has 4 atom stereocenters. The first-order chi connectivity index (χ1) is 30.7. The minimum Gasteiger partial charge on any atom is -0.477 e. The topological polar surface area (TPSA) is 203 Å². The summed E-state index contributed by atoms with van der Waals surface area (Å²) in [5, 5.41) is 14.4. The Morgan fingerprint density at radius 3 is 1.54 bits per heavy atom. The molecule has 4 aliphatic heterocycles. The number of ketones is 1. The Hall–Kier alpha value is -6.72. The number of carbonyl (C=O) groups is 4. The van der Waals surface area contributed by atoms with Gasteiger partial charge in [-0.1, -0.05) is 13.8 Å². The number of nitrogens with zero attached hydrogens (tertiary/aromatic N) is 8. The highest BCUT2D eigenvalue weighted by Crippen LogP contribution is 2.41. The molecule has 0 aromatic carbocycles. The Morgan fingerprint density at radius 1 is 0.708 bits per heavy atom. The quantitative estimate of drug-likeness (QED) is 0.0995. The summed E-state index contributed by atoms with van der Waals surface area (Å²) in [7, 11) is 0. The van der Waals surface area contributed by atoms with Crippen LogP contribution in [0, 0.1) is 17.6 Å². The van der Waals surface area contributed by atoms with E-state index >= 15 is 0 Å². The molecule has 0 radical (unpaired) electrons. The molecule has 65 heavy (non-hydrogen) atoms. The van der Waals surface area contributed by atoms with Crippen molar-refractivity contribution in [1.82, 2.24) is 19.9 Å². The number of urea groups is 2. The van der Waals surface area contributed by atoms with Crippen LogP contribution in [0.4, 0.5) is 79.4 Å². The number of carbonyl (C=O) groups excluding carboxylic acids is 3. The number of amides is 4. The van der Waals surface area contributed by atoms with Crippen LogP contribution in [0.2, 0.25) is 0 Å². The number of hydrogen-bond donors (Lipinski definition) is 4. The lowest BCUT2D eigenvalue weighted by Gasteiger charge is -2.35. The maximum atomic E-state index is 13.1. The van der Waals surface area contributed by atoms with Crippen LogP contribution in [0.15, 0.2) is 60.9 Å². The molecule has 24 heteroatoms. The lowest BCUT2D eigenvalue weighted by atomic mass is 9.97. The van der Waals surface area contributed by atoms with Gasteiger partial charge in [0.2, 0.25) is 0 Å². The van der Waals surface area contributed by atoms with Gasteiger partial charge in [-0.15, -0.1) is 0 Å². The van der Waals surface area contributed by atoms with E-state index in [0.717, 1.165) is 37.1 Å². The smallest absolute Gasteiger partial charge is 0.403 e. The molecular weight excluding hydrogens is 879 g/mol. The number of anilines is 6. The number of carboxylic acids is 1. The molecule has 16 nitrogen and oxygen atoms in total. The number of aromatic carboxylic acids is 1. The first kappa shape index (κ1) is 47.8. The summed E-state index contributed by atoms with van der Waals surface area (Å²) >= 11 is 0. The second-order valence-electron chi connectivity index (χ2n) is 15.3. The maximum Gasteiger partial charge on any atom is 0.403 e. The zero-order valence-electron chi connectivity index (χ0n) is 34.7. The Bertz CT molecular complexity index is 2370. The highest BCUT2D eigenvalue weighted by molar-refractivity contribution is 6.06. The predicted octanol–water partition coefficient (Wildman–Crippen LogP) is 7.64. The average Bonchev–Trinajstić information content (AvgIpc) is 3.88. The van der Waals surface area contributed by atoms with Gasteiger partial charge in [-0.25, -0.2) is 43.1 Å². The standard InChI is InChI=1S/C21H21F4N5O2.C16H14FN5O3.C4H8F3N/c1-2-12(21(23,24)25)9-17(31)15-4-5-16-19(27-15)30(14-7-8-29(16)11-14)20(32)28-18-6-3-13(22)10-26-18;17-9-1-4-13(18-7-9)20-16(25)22-10-5-6-21(8-10)12-3-2-11(15(23)24)19-14(12)22;1-2-3(8)4(5,6)7/h3-6,10,12,14H,2,7-9,11H2,1H3,(H,26,28,32);1-4,7,10H,5-6,8H2,(H,23,24)(H,18,20,25);3H,2,8H2,1H3/t12-,14-;10-;3-/m001/s1. The van der Waals surface area contributed by atoms with Gasteiger partial charge in [0.1, 0.15) is 35.0 Å². The lowest BCUT2D eigenvalue weighted by Crippen LogP contribution is -2.48. The minimum absolute atomic E-state index is 0.0521. The van der Waals surface area contributed by atoms with Crippen LogP contribution in [-0.2, 0) is 0 Å². The molecule has 8 heterocycles. The normalized spacial score (nSPS) is 18.0. The van der Waals surface area contributed by atoms with Crippen molar-refractivity contribution < 1.29 is 59.4 Å². The third-order valence-corrected chi connectivity index (χ3v) is 11.0. The zero-order chi connectivity index (χ0) is 47.4. The molecule has 2 fully saturated rings. The fourth-order valence-electron chi connectivity index (χ4n) is 7.51. The number of halogens is 8. The van der Waals surface area contributed by atoms with Gasteiger partial charge in [0, 0.05) is 32.6 Å². The second-order valence-corrected chi connectivity index (χ2v) is 15.3. The van der Waals surface area contributed by atoms with E-state index in [9.17, 15) is 59.4 Å². The summed E-state index contributed by atoms with van der Waals surface area (Å²) < 4.78 is 99.4. The van der Waals surface area contributed by atoms with Gasteiger partial charge in [-0.2, -0.15) is 26.3 Å². The van der Waals surface area contributed by atoms with E-state index in [4.69, 9.17) is 0 Å². The van der Waals surface area contributed by atoms with Gasteiger partial charge in [0.25, 0.3) is 0 Å². The van der Waals surface area contributed by atoms with Crippen LogP contribution in [0.1, 0.15) is 66.9 Å². The van der Waals surface area contributed by atoms with E-state index in [1.807, 2.05) is 4.90 Å². The minimum atomic E-state index is -4.47. The third kappa shape index (κ3) is 11.2. The van der Waals surface area contributed by atoms with Gasteiger partial charge >= 0.3 is 30.4 Å². The molecule has 4 aromatic rings. The number of nitrogens with one attached hydrogen (secondary N) is 2. The molecule has 4 bridgehead atoms. The van der Waals surface area contributed by atoms with E-state index in [1.54, 1.807) is 12.1 Å². The van der Waals surface area contributed by atoms with E-state index in [-0.39, 0.29) is 53.8 Å². The predicted molar refractivity (Wildman–Crippen MR) is 221 cm³/mol. The van der Waals surface area contributed by atoms with E-state index < -0.39 is 66.2 Å². The van der Waals surface area contributed by atoms with E-state index in [2.05, 4.69) is 41.2 Å². The maximum absolute atomic E-state index is 13.1. The second kappa shape index (κ2) is 19.6. The van der Waals surface area contributed by atoms with Crippen molar-refractivity contribution in [3.8, 4) is 0 Å². The summed E-state index contributed by atoms with van der Waals surface area (Å²) in [6.45, 7) is 5.45. The van der Waals surface area contributed by atoms with Crippen molar-refractivity contribution in [2.45, 2.75) is 76.4 Å². The molecule has 0 unspecified atom stereocenters. The Balaban J connectivity index is 0.000000188. The van der Waals surface area contributed by atoms with Crippen molar-refractivity contribution in [3.63, 3.8) is 0 Å². The highest BCUT2D eigenvalue weighted by Gasteiger charge is 2.43. The molecule has 0 aliphatic carbocycles. The fourth-order valence-corrected chi connectivity index (χ4v) is 7.51. The summed E-state index contributed by atoms with van der Waals surface area (Å²) in [4.78, 5) is 72.7. The van der Waals surface area contributed by atoms with Gasteiger partial charge < -0.3 is 20.6 Å². The number of aromatic nitrogens is 4. The number of hydrogen-bond acceptors (Lipinski definition) is 11. The van der Waals surface area contributed by atoms with Crippen LogP contribution in [0.25, 0.3) is 0 Å². The molecule has 5 N–H and O–H groups in total. The summed E-state index contributed by atoms with van der Waals surface area (Å²) in [6.07, 6.45) is -6.26. The van der Waals surface area contributed by atoms with Crippen LogP contribution in [-0.4, -0.2) is 106 Å². The Kier molecular flexibility index (Phi) is 14.4. The average molecular weight is 922 g/mol. The van der Waals surface area contributed by atoms with Crippen LogP contribution >= 0.6 is 0 Å². The monoisotopic (exact) mass is 921 g/mol. The number of alkyl halides is 6. The largest absolute Gasteiger partial charge is 0.477 e. The van der Waals surface area contributed by atoms with Crippen molar-refractivity contribution in [1.29, 1.82) is 0 Å². The number of Topliss-reactive ketones (excluding diaryl/α,β-unsaturated/α-hetero) is 1. The summed E-state index contributed by atoms with van der Waals surface area (Å²) in [6, 6.07) is 8.14. The third-order valence-electron chi connectivity index (χ3n) is 11.0. The van der Waals surface area contributed by atoms with Crippen LogP contribution < -0.4 is 36.0 Å². The zero-order valence-corrected chi connectivity index (χ0v) is 34.7. The van der Waals surface area contributed by atoms with Crippen LogP contribution in [0.3, 0.4) is 0 Å². The van der Waals surface area contributed by atoms with Crippen molar-refractivity contribution in [2.24, 2.45) is 11.7 Å². The van der Waals surface area contributed by atoms with Crippen LogP contribution in [0.5, 0.6) is 0 Å². The van der Waals surface area contributed by atoms with Gasteiger partial charge in [0.15, 0.2) is 23.1 Å². The molecular formula is C41H43F8N11O5. The summed E-state index contributed by atoms with van der Waals surface area (Å²) in [5.41, 5.74) is 5.73. The number of fused-ring (bicyclic) bond motifs is 8. The molecule has 0 spiro atoms. The fraction of sp³-hybridized carbons (Fsp3) is 0.415.